The van der Waals surface area contributed by atoms with Crippen LogP contribution in [0.4, 0.5) is 0 Å². The molecule has 0 spiro atoms. The Morgan fingerprint density at radius 2 is 1.86 bits per heavy atom. The lowest BCUT2D eigenvalue weighted by Gasteiger charge is -1.94. The Morgan fingerprint density at radius 1 is 1.21 bits per heavy atom. The van der Waals surface area contributed by atoms with Crippen LogP contribution in [0.1, 0.15) is 17.3 Å². The zero-order valence-corrected chi connectivity index (χ0v) is 7.86. The highest BCUT2D eigenvalue weighted by molar-refractivity contribution is 6.04. The number of amides is 1. The van der Waals surface area contributed by atoms with Crippen LogP contribution < -0.4 is 5.32 Å². The van der Waals surface area contributed by atoms with Gasteiger partial charge >= 0.3 is 0 Å². The third kappa shape index (κ3) is 3.23. The van der Waals surface area contributed by atoms with Gasteiger partial charge in [-0.3, -0.25) is 9.59 Å². The second-order valence-corrected chi connectivity index (χ2v) is 2.76. The minimum atomic E-state index is -0.192. The molecule has 3 heteroatoms. The number of carbonyl (C=O) groups excluding carboxylic acids is 2. The van der Waals surface area contributed by atoms with Gasteiger partial charge in [-0.05, 0) is 0 Å². The van der Waals surface area contributed by atoms with E-state index in [1.54, 1.807) is 24.3 Å². The summed E-state index contributed by atoms with van der Waals surface area (Å²) in [5, 5.41) is 2.41. The Kier molecular flexibility index (Phi) is 3.61. The van der Waals surface area contributed by atoms with E-state index in [1.807, 2.05) is 6.07 Å². The first-order valence-electron chi connectivity index (χ1n) is 4.23. The normalized spacial score (nSPS) is 10.1. The van der Waals surface area contributed by atoms with Gasteiger partial charge in [-0.15, -0.1) is 0 Å². The summed E-state index contributed by atoms with van der Waals surface area (Å²) in [5.41, 5.74) is 0.606. The summed E-state index contributed by atoms with van der Waals surface area (Å²) in [6.45, 7) is 1.39. The second kappa shape index (κ2) is 4.97. The molecule has 1 rings (SSSR count). The van der Waals surface area contributed by atoms with E-state index in [-0.39, 0.29) is 11.7 Å². The topological polar surface area (TPSA) is 46.2 Å². The van der Waals surface area contributed by atoms with E-state index < -0.39 is 0 Å². The van der Waals surface area contributed by atoms with Gasteiger partial charge in [0.05, 0.1) is 0 Å². The van der Waals surface area contributed by atoms with Gasteiger partial charge in [0.2, 0.25) is 5.91 Å². The number of carbonyl (C=O) groups is 2. The summed E-state index contributed by atoms with van der Waals surface area (Å²) in [7, 11) is 0. The Hall–Kier alpha value is -1.90. The minimum absolute atomic E-state index is 0.126. The maximum absolute atomic E-state index is 11.4. The number of allylic oxidation sites excluding steroid dienone is 1. The number of nitrogens with one attached hydrogen (secondary N) is 1. The molecule has 0 saturated heterocycles. The van der Waals surface area contributed by atoms with Crippen LogP contribution in [-0.4, -0.2) is 11.7 Å². The molecule has 0 aliphatic rings. The lowest BCUT2D eigenvalue weighted by atomic mass is 10.1. The zero-order valence-electron chi connectivity index (χ0n) is 7.86. The fourth-order valence-electron chi connectivity index (χ4n) is 0.933. The second-order valence-electron chi connectivity index (χ2n) is 2.76. The molecule has 72 valence electrons. The van der Waals surface area contributed by atoms with E-state index in [9.17, 15) is 9.59 Å². The van der Waals surface area contributed by atoms with E-state index in [1.165, 1.54) is 19.2 Å². The van der Waals surface area contributed by atoms with Crippen molar-refractivity contribution >= 4 is 11.7 Å². The molecule has 0 bridgehead atoms. The van der Waals surface area contributed by atoms with Gasteiger partial charge in [0.1, 0.15) is 0 Å². The van der Waals surface area contributed by atoms with Crippen molar-refractivity contribution in [1.29, 1.82) is 0 Å². The van der Waals surface area contributed by atoms with Gasteiger partial charge < -0.3 is 5.32 Å². The molecule has 1 aromatic carbocycles. The van der Waals surface area contributed by atoms with Crippen molar-refractivity contribution < 1.29 is 9.59 Å². The zero-order chi connectivity index (χ0) is 10.4. The van der Waals surface area contributed by atoms with Crippen molar-refractivity contribution in [2.24, 2.45) is 0 Å². The fourth-order valence-corrected chi connectivity index (χ4v) is 0.933. The van der Waals surface area contributed by atoms with Crippen molar-refractivity contribution in [1.82, 2.24) is 5.32 Å². The SMILES string of the molecule is CC(=O)NC=CC(=O)c1ccccc1. The molecular weight excluding hydrogens is 178 g/mol. The summed E-state index contributed by atoms with van der Waals surface area (Å²) in [4.78, 5) is 21.9. The quantitative estimate of drug-likeness (QED) is 0.578. The van der Waals surface area contributed by atoms with Gasteiger partial charge in [-0.2, -0.15) is 0 Å². The molecule has 0 saturated carbocycles. The lowest BCUT2D eigenvalue weighted by Crippen LogP contribution is -2.12. The van der Waals surface area contributed by atoms with Crippen LogP contribution >= 0.6 is 0 Å². The predicted octanol–water partition coefficient (Wildman–Crippen LogP) is 1.52. The molecule has 0 aliphatic heterocycles. The minimum Gasteiger partial charge on any atom is -0.333 e. The monoisotopic (exact) mass is 189 g/mol. The molecule has 1 aromatic rings. The Balaban J connectivity index is 2.59. The van der Waals surface area contributed by atoms with Gasteiger partial charge in [-0.1, -0.05) is 30.3 Å². The first kappa shape index (κ1) is 10.2. The number of ketones is 1. The molecule has 0 fully saturated rings. The Bertz CT molecular complexity index is 355. The van der Waals surface area contributed by atoms with Crippen molar-refractivity contribution in [3.8, 4) is 0 Å². The van der Waals surface area contributed by atoms with Crippen LogP contribution in [-0.2, 0) is 4.79 Å². The maximum atomic E-state index is 11.4. The summed E-state index contributed by atoms with van der Waals surface area (Å²) < 4.78 is 0. The lowest BCUT2D eigenvalue weighted by molar-refractivity contribution is -0.118. The molecule has 0 unspecified atom stereocenters. The summed E-state index contributed by atoms with van der Waals surface area (Å²) in [6, 6.07) is 8.87. The summed E-state index contributed by atoms with van der Waals surface area (Å²) in [5.74, 6) is -0.318. The van der Waals surface area contributed by atoms with Crippen LogP contribution in [0.15, 0.2) is 42.6 Å². The molecule has 0 atom stereocenters. The van der Waals surface area contributed by atoms with Crippen LogP contribution in [0.2, 0.25) is 0 Å². The van der Waals surface area contributed by atoms with E-state index in [0.29, 0.717) is 5.56 Å². The van der Waals surface area contributed by atoms with E-state index in [2.05, 4.69) is 5.32 Å². The summed E-state index contributed by atoms with van der Waals surface area (Å²) >= 11 is 0. The van der Waals surface area contributed by atoms with Gasteiger partial charge in [-0.25, -0.2) is 0 Å². The number of hydrogen-bond donors (Lipinski definition) is 1. The average Bonchev–Trinajstić information content (AvgIpc) is 2.18. The van der Waals surface area contributed by atoms with Crippen molar-refractivity contribution in [3.63, 3.8) is 0 Å². The van der Waals surface area contributed by atoms with Crippen LogP contribution in [0.3, 0.4) is 0 Å². The van der Waals surface area contributed by atoms with E-state index >= 15 is 0 Å². The van der Waals surface area contributed by atoms with E-state index in [4.69, 9.17) is 0 Å². The van der Waals surface area contributed by atoms with E-state index in [0.717, 1.165) is 0 Å². The molecule has 1 amide bonds. The highest BCUT2D eigenvalue weighted by Crippen LogP contribution is 1.99. The fraction of sp³-hybridized carbons (Fsp3) is 0.0909. The van der Waals surface area contributed by atoms with Gasteiger partial charge in [0.25, 0.3) is 0 Å². The average molecular weight is 189 g/mol. The van der Waals surface area contributed by atoms with Crippen LogP contribution in [0.5, 0.6) is 0 Å². The highest BCUT2D eigenvalue weighted by Gasteiger charge is 1.98. The number of hydrogen-bond acceptors (Lipinski definition) is 2. The molecule has 0 heterocycles. The first-order valence-corrected chi connectivity index (χ1v) is 4.23. The first-order chi connectivity index (χ1) is 6.70. The third-order valence-electron chi connectivity index (χ3n) is 1.58. The number of rotatable bonds is 3. The number of benzene rings is 1. The molecule has 0 aliphatic carbocycles. The third-order valence-corrected chi connectivity index (χ3v) is 1.58. The molecule has 3 nitrogen and oxygen atoms in total. The Labute approximate surface area is 82.4 Å². The summed E-state index contributed by atoms with van der Waals surface area (Å²) in [6.07, 6.45) is 2.68. The molecule has 14 heavy (non-hydrogen) atoms. The molecule has 1 N–H and O–H groups in total. The standard InChI is InChI=1S/C11H11NO2/c1-9(13)12-8-7-11(14)10-5-3-2-4-6-10/h2-8H,1H3,(H,12,13). The van der Waals surface area contributed by atoms with Crippen molar-refractivity contribution in [2.75, 3.05) is 0 Å². The van der Waals surface area contributed by atoms with Crippen molar-refractivity contribution in [2.45, 2.75) is 6.92 Å². The maximum Gasteiger partial charge on any atom is 0.220 e. The van der Waals surface area contributed by atoms with Gasteiger partial charge in [0, 0.05) is 24.8 Å². The Morgan fingerprint density at radius 3 is 2.43 bits per heavy atom. The van der Waals surface area contributed by atoms with Crippen LogP contribution in [0.25, 0.3) is 0 Å². The van der Waals surface area contributed by atoms with Crippen LogP contribution in [0, 0.1) is 0 Å². The van der Waals surface area contributed by atoms with Gasteiger partial charge in [0.15, 0.2) is 5.78 Å². The van der Waals surface area contributed by atoms with Crippen molar-refractivity contribution in [3.05, 3.63) is 48.2 Å². The molecule has 0 radical (unpaired) electrons. The predicted molar refractivity (Wildman–Crippen MR) is 53.7 cm³/mol. The molecular formula is C11H11NO2. The largest absolute Gasteiger partial charge is 0.333 e. The smallest absolute Gasteiger partial charge is 0.220 e. The highest BCUT2D eigenvalue weighted by atomic mass is 16.1. The molecule has 0 aromatic heterocycles.